The molecule has 0 amide bonds. The molecule has 5 nitrogen and oxygen atoms in total. The number of rotatable bonds is 5. The highest BCUT2D eigenvalue weighted by Gasteiger charge is 2.37. The molecule has 0 unspecified atom stereocenters. The van der Waals surface area contributed by atoms with E-state index in [1.165, 1.54) is 10.9 Å². The molecule has 0 radical (unpaired) electrons. The second kappa shape index (κ2) is 6.35. The van der Waals surface area contributed by atoms with Crippen LogP contribution in [0, 0.1) is 0 Å². The first-order chi connectivity index (χ1) is 11.0. The Kier molecular flexibility index (Phi) is 4.43. The molecule has 23 heavy (non-hydrogen) atoms. The van der Waals surface area contributed by atoms with E-state index in [1.54, 1.807) is 0 Å². The van der Waals surface area contributed by atoms with E-state index in [0.29, 0.717) is 5.69 Å². The highest BCUT2D eigenvalue weighted by molar-refractivity contribution is 5.26. The van der Waals surface area contributed by atoms with Crippen molar-refractivity contribution in [2.45, 2.75) is 51.2 Å². The number of fused-ring (bicyclic) bond motifs is 1. The van der Waals surface area contributed by atoms with Gasteiger partial charge in [0.15, 0.2) is 5.69 Å². The summed E-state index contributed by atoms with van der Waals surface area (Å²) in [6.07, 6.45) is 1.07. The number of nitrogens with zero attached hydrogens (tertiary/aromatic N) is 3. The second-order valence-electron chi connectivity index (χ2n) is 5.76. The molecule has 0 bridgehead atoms. The minimum absolute atomic E-state index is 0.101. The van der Waals surface area contributed by atoms with Crippen LogP contribution in [0.25, 0.3) is 0 Å². The van der Waals surface area contributed by atoms with Crippen LogP contribution in [0.5, 0.6) is 0 Å². The number of aliphatic hydroxyl groups is 1. The Hall–Kier alpha value is -1.83. The van der Waals surface area contributed by atoms with Gasteiger partial charge >= 0.3 is 6.18 Å². The Morgan fingerprint density at radius 2 is 2.04 bits per heavy atom. The van der Waals surface area contributed by atoms with Gasteiger partial charge in [-0.15, -0.1) is 0 Å². The molecule has 2 aromatic rings. The fraction of sp³-hybridized carbons (Fsp3) is 0.600. The quantitative estimate of drug-likeness (QED) is 0.916. The fourth-order valence-corrected chi connectivity index (χ4v) is 2.96. The van der Waals surface area contributed by atoms with E-state index in [2.05, 4.69) is 10.3 Å². The molecule has 2 aromatic heterocycles. The first kappa shape index (κ1) is 16.0. The lowest BCUT2D eigenvalue weighted by Gasteiger charge is -2.09. The van der Waals surface area contributed by atoms with Crippen LogP contribution in [0.3, 0.4) is 0 Å². The molecule has 0 saturated carbocycles. The zero-order chi connectivity index (χ0) is 16.4. The van der Waals surface area contributed by atoms with Gasteiger partial charge in [-0.2, -0.15) is 18.3 Å². The van der Waals surface area contributed by atoms with Crippen molar-refractivity contribution in [1.82, 2.24) is 14.9 Å². The average molecular weight is 329 g/mol. The van der Waals surface area contributed by atoms with Gasteiger partial charge in [-0.25, -0.2) is 0 Å². The zero-order valence-electron chi connectivity index (χ0n) is 12.6. The van der Waals surface area contributed by atoms with Crippen molar-refractivity contribution in [3.05, 3.63) is 34.5 Å². The monoisotopic (exact) mass is 329 g/mol. The van der Waals surface area contributed by atoms with Gasteiger partial charge < -0.3 is 9.63 Å². The van der Waals surface area contributed by atoms with Gasteiger partial charge in [-0.1, -0.05) is 5.16 Å². The molecule has 0 spiro atoms. The minimum atomic E-state index is -4.50. The Morgan fingerprint density at radius 3 is 2.78 bits per heavy atom. The molecule has 1 aliphatic rings. The molecule has 0 aromatic carbocycles. The van der Waals surface area contributed by atoms with E-state index in [-0.39, 0.29) is 31.6 Å². The van der Waals surface area contributed by atoms with Crippen molar-refractivity contribution in [3.8, 4) is 0 Å². The van der Waals surface area contributed by atoms with E-state index in [0.717, 1.165) is 37.0 Å². The Balaban J connectivity index is 1.85. The molecule has 0 aliphatic heterocycles. The van der Waals surface area contributed by atoms with Crippen LogP contribution in [-0.4, -0.2) is 26.7 Å². The summed E-state index contributed by atoms with van der Waals surface area (Å²) in [5.74, 6) is 0.843. The van der Waals surface area contributed by atoms with E-state index in [9.17, 15) is 13.2 Å². The lowest BCUT2D eigenvalue weighted by atomic mass is 9.96. The summed E-state index contributed by atoms with van der Waals surface area (Å²) in [6.45, 7) is 0.0142. The molecule has 0 fully saturated rings. The molecule has 2 heterocycles. The molecule has 126 valence electrons. The summed E-state index contributed by atoms with van der Waals surface area (Å²) >= 11 is 0. The van der Waals surface area contributed by atoms with Gasteiger partial charge in [0, 0.05) is 30.4 Å². The van der Waals surface area contributed by atoms with Gasteiger partial charge in [0.1, 0.15) is 11.5 Å². The molecular weight excluding hydrogens is 311 g/mol. The van der Waals surface area contributed by atoms with E-state index < -0.39 is 11.9 Å². The Labute approximate surface area is 131 Å². The van der Waals surface area contributed by atoms with E-state index in [4.69, 9.17) is 9.63 Å². The van der Waals surface area contributed by atoms with Crippen LogP contribution in [-0.2, 0) is 32.0 Å². The molecule has 1 aliphatic carbocycles. The van der Waals surface area contributed by atoms with Gasteiger partial charge in [0.2, 0.25) is 0 Å². The van der Waals surface area contributed by atoms with Crippen molar-refractivity contribution in [2.75, 3.05) is 6.61 Å². The number of aromatic nitrogens is 3. The topological polar surface area (TPSA) is 64.1 Å². The summed E-state index contributed by atoms with van der Waals surface area (Å²) in [7, 11) is 0. The SMILES string of the molecule is OCCCc1cn(Cc2noc3c2CCCC3)nc1C(F)(F)F. The summed E-state index contributed by atoms with van der Waals surface area (Å²) in [4.78, 5) is 0. The third-order valence-electron chi connectivity index (χ3n) is 4.05. The fourth-order valence-electron chi connectivity index (χ4n) is 2.96. The maximum absolute atomic E-state index is 13.1. The summed E-state index contributed by atoms with van der Waals surface area (Å²) in [5.41, 5.74) is 0.883. The molecule has 1 N–H and O–H groups in total. The molecular formula is C15H18F3N3O2. The van der Waals surface area contributed by atoms with Crippen molar-refractivity contribution in [1.29, 1.82) is 0 Å². The van der Waals surface area contributed by atoms with Crippen LogP contribution in [0.4, 0.5) is 13.2 Å². The van der Waals surface area contributed by atoms with E-state index >= 15 is 0 Å². The third-order valence-corrected chi connectivity index (χ3v) is 4.05. The molecule has 3 rings (SSSR count). The number of aliphatic hydroxyl groups excluding tert-OH is 1. The predicted molar refractivity (Wildman–Crippen MR) is 74.9 cm³/mol. The largest absolute Gasteiger partial charge is 0.435 e. The molecule has 0 saturated heterocycles. The van der Waals surface area contributed by atoms with E-state index in [1.807, 2.05) is 0 Å². The number of aryl methyl sites for hydroxylation is 2. The van der Waals surface area contributed by atoms with Crippen molar-refractivity contribution >= 4 is 0 Å². The highest BCUT2D eigenvalue weighted by atomic mass is 19.4. The Bertz CT molecular complexity index is 676. The van der Waals surface area contributed by atoms with Crippen LogP contribution in [0.2, 0.25) is 0 Å². The average Bonchev–Trinajstić information content (AvgIpc) is 3.10. The van der Waals surface area contributed by atoms with Crippen molar-refractivity contribution in [3.63, 3.8) is 0 Å². The van der Waals surface area contributed by atoms with Gasteiger partial charge in [-0.3, -0.25) is 4.68 Å². The molecule has 8 heteroatoms. The first-order valence-electron chi connectivity index (χ1n) is 7.69. The summed E-state index contributed by atoms with van der Waals surface area (Å²) in [6, 6.07) is 0. The minimum Gasteiger partial charge on any atom is -0.396 e. The van der Waals surface area contributed by atoms with Gasteiger partial charge in [0.05, 0.1) is 6.54 Å². The zero-order valence-corrected chi connectivity index (χ0v) is 12.6. The summed E-state index contributed by atoms with van der Waals surface area (Å²) in [5, 5.41) is 16.5. The maximum Gasteiger partial charge on any atom is 0.435 e. The van der Waals surface area contributed by atoms with Crippen LogP contribution in [0.1, 0.15) is 47.5 Å². The first-order valence-corrected chi connectivity index (χ1v) is 7.69. The van der Waals surface area contributed by atoms with Crippen LogP contribution in [0.15, 0.2) is 10.7 Å². The number of hydrogen-bond donors (Lipinski definition) is 1. The van der Waals surface area contributed by atoms with Crippen LogP contribution >= 0.6 is 0 Å². The highest BCUT2D eigenvalue weighted by Crippen LogP contribution is 2.32. The molecule has 0 atom stereocenters. The van der Waals surface area contributed by atoms with Crippen molar-refractivity contribution in [2.24, 2.45) is 0 Å². The normalized spacial score (nSPS) is 15.0. The lowest BCUT2D eigenvalue weighted by Crippen LogP contribution is -2.11. The smallest absolute Gasteiger partial charge is 0.396 e. The lowest BCUT2D eigenvalue weighted by molar-refractivity contribution is -0.142. The van der Waals surface area contributed by atoms with Gasteiger partial charge in [-0.05, 0) is 32.1 Å². The predicted octanol–water partition coefficient (Wildman–Crippen LogP) is 2.74. The standard InChI is InChI=1S/C15H18F3N3O2/c16-15(17,18)14-10(4-3-7-22)8-21(19-14)9-12-11-5-1-2-6-13(11)23-20-12/h8,22H,1-7,9H2. The summed E-state index contributed by atoms with van der Waals surface area (Å²) < 4.78 is 45.8. The number of hydrogen-bond acceptors (Lipinski definition) is 4. The van der Waals surface area contributed by atoms with Gasteiger partial charge in [0.25, 0.3) is 0 Å². The van der Waals surface area contributed by atoms with Crippen LogP contribution < -0.4 is 0 Å². The second-order valence-corrected chi connectivity index (χ2v) is 5.76. The van der Waals surface area contributed by atoms with Crippen molar-refractivity contribution < 1.29 is 22.8 Å². The maximum atomic E-state index is 13.1. The number of alkyl halides is 3. The third kappa shape index (κ3) is 3.41. The Morgan fingerprint density at radius 1 is 1.26 bits per heavy atom. The number of halogens is 3.